The van der Waals surface area contributed by atoms with E-state index < -0.39 is 0 Å². The molecule has 0 spiro atoms. The number of hydrogen-bond acceptors (Lipinski definition) is 4. The lowest BCUT2D eigenvalue weighted by Gasteiger charge is -2.23. The standard InChI is InChI=1S/C13H17BrN2O3/c14-10-2-1-3-11(6-10)16-13(17)9-18-8-12-7-15-4-5-19-12/h1-3,6,12,15H,4-5,7-9H2,(H,16,17). The number of rotatable bonds is 5. The van der Waals surface area contributed by atoms with Crippen LogP contribution in [0.25, 0.3) is 0 Å². The van der Waals surface area contributed by atoms with Gasteiger partial charge in [0.1, 0.15) is 6.61 Å². The van der Waals surface area contributed by atoms with Crippen molar-refractivity contribution in [2.45, 2.75) is 6.10 Å². The van der Waals surface area contributed by atoms with Crippen LogP contribution in [0.2, 0.25) is 0 Å². The van der Waals surface area contributed by atoms with Crippen LogP contribution in [0.1, 0.15) is 0 Å². The van der Waals surface area contributed by atoms with Gasteiger partial charge in [-0.1, -0.05) is 22.0 Å². The maximum absolute atomic E-state index is 11.7. The molecule has 2 rings (SSSR count). The molecule has 0 aliphatic carbocycles. The number of anilines is 1. The minimum Gasteiger partial charge on any atom is -0.373 e. The summed E-state index contributed by atoms with van der Waals surface area (Å²) in [6, 6.07) is 7.44. The number of halogens is 1. The molecule has 0 radical (unpaired) electrons. The van der Waals surface area contributed by atoms with Gasteiger partial charge in [-0.3, -0.25) is 4.79 Å². The Morgan fingerprint density at radius 2 is 2.47 bits per heavy atom. The zero-order valence-electron chi connectivity index (χ0n) is 10.5. The van der Waals surface area contributed by atoms with Crippen molar-refractivity contribution in [1.29, 1.82) is 0 Å². The first-order valence-corrected chi connectivity index (χ1v) is 6.99. The molecule has 0 saturated carbocycles. The fourth-order valence-electron chi connectivity index (χ4n) is 1.77. The predicted octanol–water partition coefficient (Wildman–Crippen LogP) is 1.39. The fraction of sp³-hybridized carbons (Fsp3) is 0.462. The molecule has 2 N–H and O–H groups in total. The molecule has 1 aromatic carbocycles. The van der Waals surface area contributed by atoms with Gasteiger partial charge in [-0.2, -0.15) is 0 Å². The van der Waals surface area contributed by atoms with E-state index in [1.165, 1.54) is 0 Å². The Bertz CT molecular complexity index is 422. The first-order chi connectivity index (χ1) is 9.24. The molecular weight excluding hydrogens is 312 g/mol. The number of carbonyl (C=O) groups is 1. The average Bonchev–Trinajstić information content (AvgIpc) is 2.40. The largest absolute Gasteiger partial charge is 0.373 e. The molecule has 0 bridgehead atoms. The summed E-state index contributed by atoms with van der Waals surface area (Å²) in [4.78, 5) is 11.7. The summed E-state index contributed by atoms with van der Waals surface area (Å²) < 4.78 is 11.7. The van der Waals surface area contributed by atoms with Crippen LogP contribution in [0.3, 0.4) is 0 Å². The van der Waals surface area contributed by atoms with Crippen molar-refractivity contribution in [2.75, 3.05) is 38.2 Å². The van der Waals surface area contributed by atoms with E-state index in [-0.39, 0.29) is 18.6 Å². The number of morpholine rings is 1. The lowest BCUT2D eigenvalue weighted by atomic mass is 10.3. The highest BCUT2D eigenvalue weighted by atomic mass is 79.9. The summed E-state index contributed by atoms with van der Waals surface area (Å²) in [7, 11) is 0. The first kappa shape index (κ1) is 14.5. The number of benzene rings is 1. The summed E-state index contributed by atoms with van der Waals surface area (Å²) >= 11 is 3.35. The first-order valence-electron chi connectivity index (χ1n) is 6.19. The maximum atomic E-state index is 11.7. The van der Waals surface area contributed by atoms with Crippen LogP contribution in [-0.2, 0) is 14.3 Å². The predicted molar refractivity (Wildman–Crippen MR) is 76.2 cm³/mol. The van der Waals surface area contributed by atoms with Gasteiger partial charge in [-0.15, -0.1) is 0 Å². The summed E-state index contributed by atoms with van der Waals surface area (Å²) in [5.74, 6) is -0.165. The van der Waals surface area contributed by atoms with E-state index >= 15 is 0 Å². The van der Waals surface area contributed by atoms with E-state index in [1.807, 2.05) is 24.3 Å². The molecule has 1 aliphatic heterocycles. The molecule has 6 heteroatoms. The number of amides is 1. The van der Waals surface area contributed by atoms with Crippen molar-refractivity contribution in [2.24, 2.45) is 0 Å². The van der Waals surface area contributed by atoms with Crippen molar-refractivity contribution in [3.8, 4) is 0 Å². The third kappa shape index (κ3) is 5.28. The Kier molecular flexibility index (Phi) is 5.78. The molecule has 1 heterocycles. The topological polar surface area (TPSA) is 59.6 Å². The van der Waals surface area contributed by atoms with Crippen LogP contribution < -0.4 is 10.6 Å². The van der Waals surface area contributed by atoms with Gasteiger partial charge in [0.2, 0.25) is 5.91 Å². The van der Waals surface area contributed by atoms with Crippen molar-refractivity contribution in [3.05, 3.63) is 28.7 Å². The molecule has 1 fully saturated rings. The second-order valence-corrected chi connectivity index (χ2v) is 5.19. The minimum absolute atomic E-state index is 0.0341. The Morgan fingerprint density at radius 3 is 3.21 bits per heavy atom. The highest BCUT2D eigenvalue weighted by Crippen LogP contribution is 2.15. The maximum Gasteiger partial charge on any atom is 0.250 e. The van der Waals surface area contributed by atoms with Crippen LogP contribution in [0.4, 0.5) is 5.69 Å². The SMILES string of the molecule is O=C(COCC1CNCCO1)Nc1cccc(Br)c1. The molecule has 104 valence electrons. The minimum atomic E-state index is -0.165. The molecule has 1 amide bonds. The van der Waals surface area contributed by atoms with Gasteiger partial charge >= 0.3 is 0 Å². The van der Waals surface area contributed by atoms with Crippen LogP contribution in [0, 0.1) is 0 Å². The van der Waals surface area contributed by atoms with E-state index in [0.717, 1.165) is 23.2 Å². The highest BCUT2D eigenvalue weighted by molar-refractivity contribution is 9.10. The lowest BCUT2D eigenvalue weighted by Crippen LogP contribution is -2.41. The normalized spacial score (nSPS) is 19.1. The van der Waals surface area contributed by atoms with Crippen LogP contribution in [0.15, 0.2) is 28.7 Å². The number of nitrogens with one attached hydrogen (secondary N) is 2. The highest BCUT2D eigenvalue weighted by Gasteiger charge is 2.13. The van der Waals surface area contributed by atoms with E-state index in [0.29, 0.717) is 13.2 Å². The Labute approximate surface area is 120 Å². The smallest absolute Gasteiger partial charge is 0.250 e. The summed E-state index contributed by atoms with van der Waals surface area (Å²) in [6.07, 6.45) is 0.0346. The Hall–Kier alpha value is -0.950. The van der Waals surface area contributed by atoms with Gasteiger partial charge in [-0.05, 0) is 18.2 Å². The van der Waals surface area contributed by atoms with Gasteiger partial charge in [0.15, 0.2) is 0 Å². The molecule has 1 atom stereocenters. The van der Waals surface area contributed by atoms with E-state index in [9.17, 15) is 4.79 Å². The van der Waals surface area contributed by atoms with Crippen molar-refractivity contribution >= 4 is 27.5 Å². The fourth-order valence-corrected chi connectivity index (χ4v) is 2.17. The Morgan fingerprint density at radius 1 is 1.58 bits per heavy atom. The average molecular weight is 329 g/mol. The number of carbonyl (C=O) groups excluding carboxylic acids is 1. The zero-order chi connectivity index (χ0) is 13.5. The quantitative estimate of drug-likeness (QED) is 0.857. The lowest BCUT2D eigenvalue weighted by molar-refractivity contribution is -0.122. The molecule has 1 saturated heterocycles. The second-order valence-electron chi connectivity index (χ2n) is 4.27. The third-order valence-electron chi connectivity index (χ3n) is 2.65. The van der Waals surface area contributed by atoms with Crippen LogP contribution in [0.5, 0.6) is 0 Å². The number of ether oxygens (including phenoxy) is 2. The summed E-state index contributed by atoms with van der Waals surface area (Å²) in [6.45, 7) is 2.80. The van der Waals surface area contributed by atoms with Crippen molar-refractivity contribution in [3.63, 3.8) is 0 Å². The van der Waals surface area contributed by atoms with Crippen LogP contribution >= 0.6 is 15.9 Å². The van der Waals surface area contributed by atoms with Gasteiger partial charge in [-0.25, -0.2) is 0 Å². The molecule has 1 unspecified atom stereocenters. The van der Waals surface area contributed by atoms with Crippen molar-refractivity contribution in [1.82, 2.24) is 5.32 Å². The molecule has 19 heavy (non-hydrogen) atoms. The van der Waals surface area contributed by atoms with E-state index in [4.69, 9.17) is 9.47 Å². The molecule has 1 aliphatic rings. The Balaban J connectivity index is 1.67. The van der Waals surface area contributed by atoms with Crippen LogP contribution in [-0.4, -0.2) is 44.9 Å². The van der Waals surface area contributed by atoms with Gasteiger partial charge < -0.3 is 20.1 Å². The number of hydrogen-bond donors (Lipinski definition) is 2. The molecule has 0 aromatic heterocycles. The van der Waals surface area contributed by atoms with Crippen molar-refractivity contribution < 1.29 is 14.3 Å². The summed E-state index contributed by atoms with van der Waals surface area (Å²) in [5.41, 5.74) is 0.749. The van der Waals surface area contributed by atoms with E-state index in [2.05, 4.69) is 26.6 Å². The third-order valence-corrected chi connectivity index (χ3v) is 3.14. The van der Waals surface area contributed by atoms with Gasteiger partial charge in [0.05, 0.1) is 19.3 Å². The van der Waals surface area contributed by atoms with E-state index in [1.54, 1.807) is 0 Å². The monoisotopic (exact) mass is 328 g/mol. The molecule has 1 aromatic rings. The molecule has 5 nitrogen and oxygen atoms in total. The van der Waals surface area contributed by atoms with Gasteiger partial charge in [0.25, 0.3) is 0 Å². The zero-order valence-corrected chi connectivity index (χ0v) is 12.1. The molecular formula is C13H17BrN2O3. The second kappa shape index (κ2) is 7.59. The van der Waals surface area contributed by atoms with Gasteiger partial charge in [0, 0.05) is 23.2 Å². The summed E-state index contributed by atoms with van der Waals surface area (Å²) in [5, 5.41) is 5.98.